The molecule has 4 nitrogen and oxygen atoms in total. The molecule has 1 heterocycles. The molecule has 2 atom stereocenters. The molecule has 2 unspecified atom stereocenters. The normalized spacial score (nSPS) is 14.9. The van der Waals surface area contributed by atoms with Crippen LogP contribution in [0.5, 0.6) is 5.75 Å². The van der Waals surface area contributed by atoms with E-state index in [0.29, 0.717) is 0 Å². The molecule has 0 aliphatic heterocycles. The Morgan fingerprint density at radius 1 is 1.35 bits per heavy atom. The molecule has 0 fully saturated rings. The Morgan fingerprint density at radius 2 is 2.06 bits per heavy atom. The van der Waals surface area contributed by atoms with Gasteiger partial charge in [-0.3, -0.25) is 0 Å². The Morgan fingerprint density at radius 3 is 2.65 bits per heavy atom. The van der Waals surface area contributed by atoms with Gasteiger partial charge in [0.2, 0.25) is 0 Å². The van der Waals surface area contributed by atoms with E-state index in [-0.39, 0.29) is 6.04 Å². The van der Waals surface area contributed by atoms with Crippen LogP contribution in [0, 0.1) is 0 Å². The summed E-state index contributed by atoms with van der Waals surface area (Å²) >= 11 is 0. The summed E-state index contributed by atoms with van der Waals surface area (Å²) in [6, 6.07) is 7.49. The van der Waals surface area contributed by atoms with Gasteiger partial charge in [0, 0.05) is 29.7 Å². The van der Waals surface area contributed by atoms with Crippen LogP contribution >= 0.6 is 0 Å². The van der Waals surface area contributed by atoms with Crippen molar-refractivity contribution >= 4 is 10.9 Å². The van der Waals surface area contributed by atoms with Gasteiger partial charge >= 0.3 is 0 Å². The number of aryl methyl sites for hydroxylation is 1. The quantitative estimate of drug-likeness (QED) is 0.847. The van der Waals surface area contributed by atoms with Crippen LogP contribution < -0.4 is 10.5 Å². The van der Waals surface area contributed by atoms with Gasteiger partial charge in [0.1, 0.15) is 11.9 Å². The minimum atomic E-state index is -0.654. The zero-order valence-corrected chi connectivity index (χ0v) is 10.3. The van der Waals surface area contributed by atoms with Gasteiger partial charge in [0.15, 0.2) is 0 Å². The lowest BCUT2D eigenvalue weighted by molar-refractivity contribution is 0.146. The number of aromatic nitrogens is 1. The third-order valence-corrected chi connectivity index (χ3v) is 3.09. The van der Waals surface area contributed by atoms with E-state index in [2.05, 4.69) is 0 Å². The molecule has 2 aromatic rings. The molecule has 92 valence electrons. The summed E-state index contributed by atoms with van der Waals surface area (Å²) in [6.07, 6.45) is -0.654. The van der Waals surface area contributed by atoms with Crippen molar-refractivity contribution in [3.63, 3.8) is 0 Å². The number of aliphatic hydroxyl groups excluding tert-OH is 1. The number of fused-ring (bicyclic) bond motifs is 1. The second-order valence-corrected chi connectivity index (χ2v) is 4.36. The number of nitrogens with two attached hydrogens (primary N) is 1. The van der Waals surface area contributed by atoms with E-state index in [1.54, 1.807) is 14.0 Å². The van der Waals surface area contributed by atoms with Crippen molar-refractivity contribution in [1.82, 2.24) is 4.57 Å². The molecule has 2 rings (SSSR count). The molecule has 4 heteroatoms. The van der Waals surface area contributed by atoms with Crippen LogP contribution in [0.4, 0.5) is 0 Å². The van der Waals surface area contributed by atoms with Gasteiger partial charge < -0.3 is 20.1 Å². The number of nitrogens with zero attached hydrogens (tertiary/aromatic N) is 1. The highest BCUT2D eigenvalue weighted by Gasteiger charge is 2.17. The van der Waals surface area contributed by atoms with Crippen molar-refractivity contribution in [1.29, 1.82) is 0 Å². The van der Waals surface area contributed by atoms with Gasteiger partial charge in [-0.2, -0.15) is 0 Å². The second-order valence-electron chi connectivity index (χ2n) is 4.36. The number of hydrogen-bond acceptors (Lipinski definition) is 3. The average Bonchev–Trinajstić information content (AvgIpc) is 2.65. The maximum absolute atomic E-state index is 10.0. The summed E-state index contributed by atoms with van der Waals surface area (Å²) in [7, 11) is 3.57. The predicted molar refractivity (Wildman–Crippen MR) is 68.1 cm³/mol. The van der Waals surface area contributed by atoms with Crippen molar-refractivity contribution in [2.75, 3.05) is 7.11 Å². The number of ether oxygens (including phenoxy) is 1. The standard InChI is InChI=1S/C13H18N2O2/c1-8(14)13(16)12-7-9-6-10(17-3)4-5-11(9)15(12)2/h4-8,13,16H,14H2,1-3H3. The van der Waals surface area contributed by atoms with Crippen molar-refractivity contribution in [2.45, 2.75) is 19.1 Å². The van der Waals surface area contributed by atoms with E-state index in [1.807, 2.05) is 35.9 Å². The fourth-order valence-corrected chi connectivity index (χ4v) is 2.03. The predicted octanol–water partition coefficient (Wildman–Crippen LogP) is 1.57. The van der Waals surface area contributed by atoms with Gasteiger partial charge in [0.25, 0.3) is 0 Å². The molecule has 1 aromatic carbocycles. The Hall–Kier alpha value is -1.52. The Bertz CT molecular complexity index is 531. The van der Waals surface area contributed by atoms with Crippen molar-refractivity contribution in [2.24, 2.45) is 12.8 Å². The first-order valence-electron chi connectivity index (χ1n) is 5.61. The van der Waals surface area contributed by atoms with Gasteiger partial charge in [0.05, 0.1) is 7.11 Å². The van der Waals surface area contributed by atoms with Crippen LogP contribution in [0.3, 0.4) is 0 Å². The molecular formula is C13H18N2O2. The number of methoxy groups -OCH3 is 1. The van der Waals surface area contributed by atoms with E-state index in [4.69, 9.17) is 10.5 Å². The van der Waals surface area contributed by atoms with Crippen LogP contribution in [0.2, 0.25) is 0 Å². The van der Waals surface area contributed by atoms with Gasteiger partial charge in [-0.1, -0.05) is 0 Å². The maximum atomic E-state index is 10.0. The molecule has 0 spiro atoms. The first-order valence-corrected chi connectivity index (χ1v) is 5.61. The van der Waals surface area contributed by atoms with Crippen LogP contribution in [0.25, 0.3) is 10.9 Å². The minimum Gasteiger partial charge on any atom is -0.497 e. The number of rotatable bonds is 3. The lowest BCUT2D eigenvalue weighted by atomic mass is 10.1. The Kier molecular flexibility index (Phi) is 3.09. The number of benzene rings is 1. The largest absolute Gasteiger partial charge is 0.497 e. The highest BCUT2D eigenvalue weighted by Crippen LogP contribution is 2.27. The zero-order valence-electron chi connectivity index (χ0n) is 10.3. The second kappa shape index (κ2) is 4.39. The van der Waals surface area contributed by atoms with E-state index in [1.165, 1.54) is 0 Å². The van der Waals surface area contributed by atoms with Crippen LogP contribution in [0.15, 0.2) is 24.3 Å². The summed E-state index contributed by atoms with van der Waals surface area (Å²) in [4.78, 5) is 0. The molecule has 0 aliphatic rings. The van der Waals surface area contributed by atoms with E-state index >= 15 is 0 Å². The summed E-state index contributed by atoms with van der Waals surface area (Å²) in [5.41, 5.74) is 7.61. The monoisotopic (exact) mass is 234 g/mol. The first kappa shape index (κ1) is 12.0. The Balaban J connectivity index is 2.56. The molecule has 0 bridgehead atoms. The van der Waals surface area contributed by atoms with E-state index in [0.717, 1.165) is 22.3 Å². The highest BCUT2D eigenvalue weighted by atomic mass is 16.5. The SMILES string of the molecule is COc1ccc2c(c1)cc(C(O)C(C)N)n2C. The molecule has 0 saturated carbocycles. The summed E-state index contributed by atoms with van der Waals surface area (Å²) in [5.74, 6) is 0.810. The van der Waals surface area contributed by atoms with E-state index < -0.39 is 6.10 Å². The van der Waals surface area contributed by atoms with Crippen molar-refractivity contribution < 1.29 is 9.84 Å². The van der Waals surface area contributed by atoms with Crippen molar-refractivity contribution in [3.8, 4) is 5.75 Å². The lowest BCUT2D eigenvalue weighted by Crippen LogP contribution is -2.25. The third kappa shape index (κ3) is 2.01. The summed E-state index contributed by atoms with van der Waals surface area (Å²) in [5, 5.41) is 11.1. The first-order chi connectivity index (χ1) is 8.04. The maximum Gasteiger partial charge on any atom is 0.119 e. The number of hydrogen-bond donors (Lipinski definition) is 2. The van der Waals surface area contributed by atoms with Crippen LogP contribution in [-0.4, -0.2) is 22.8 Å². The van der Waals surface area contributed by atoms with Crippen LogP contribution in [0.1, 0.15) is 18.7 Å². The molecular weight excluding hydrogens is 216 g/mol. The highest BCUT2D eigenvalue weighted by molar-refractivity contribution is 5.83. The molecule has 0 aliphatic carbocycles. The average molecular weight is 234 g/mol. The van der Waals surface area contributed by atoms with Gasteiger partial charge in [-0.15, -0.1) is 0 Å². The van der Waals surface area contributed by atoms with Crippen LogP contribution in [-0.2, 0) is 7.05 Å². The molecule has 1 aromatic heterocycles. The molecule has 3 N–H and O–H groups in total. The zero-order chi connectivity index (χ0) is 12.6. The fraction of sp³-hybridized carbons (Fsp3) is 0.385. The van der Waals surface area contributed by atoms with Crippen molar-refractivity contribution in [3.05, 3.63) is 30.0 Å². The summed E-state index contributed by atoms with van der Waals surface area (Å²) < 4.78 is 7.14. The Labute approximate surface area is 101 Å². The number of aliphatic hydroxyl groups is 1. The lowest BCUT2D eigenvalue weighted by Gasteiger charge is -2.15. The van der Waals surface area contributed by atoms with Gasteiger partial charge in [-0.25, -0.2) is 0 Å². The molecule has 17 heavy (non-hydrogen) atoms. The minimum absolute atomic E-state index is 0.292. The fourth-order valence-electron chi connectivity index (χ4n) is 2.03. The smallest absolute Gasteiger partial charge is 0.119 e. The molecule has 0 saturated heterocycles. The molecule has 0 amide bonds. The topological polar surface area (TPSA) is 60.4 Å². The van der Waals surface area contributed by atoms with Gasteiger partial charge in [-0.05, 0) is 31.2 Å². The summed E-state index contributed by atoms with van der Waals surface area (Å²) in [6.45, 7) is 1.79. The third-order valence-electron chi connectivity index (χ3n) is 3.09. The molecule has 0 radical (unpaired) electrons. The van der Waals surface area contributed by atoms with E-state index in [9.17, 15) is 5.11 Å².